The first kappa shape index (κ1) is 23.1. The highest BCUT2D eigenvalue weighted by Crippen LogP contribution is 2.40. The van der Waals surface area contributed by atoms with Crippen molar-refractivity contribution in [2.45, 2.75) is 18.6 Å². The van der Waals surface area contributed by atoms with Crippen LogP contribution in [0.25, 0.3) is 6.08 Å². The number of allylic oxidation sites excluding steroid dienone is 3. The molecular weight excluding hydrogens is 479 g/mol. The van der Waals surface area contributed by atoms with Crippen LogP contribution < -0.4 is 5.32 Å². The Bertz CT molecular complexity index is 1270. The summed E-state index contributed by atoms with van der Waals surface area (Å²) in [6, 6.07) is 7.51. The Morgan fingerprint density at radius 1 is 1.03 bits per heavy atom. The maximum atomic E-state index is 14.6. The minimum atomic E-state index is -4.73. The van der Waals surface area contributed by atoms with Crippen molar-refractivity contribution in [1.82, 2.24) is 4.98 Å². The van der Waals surface area contributed by atoms with E-state index >= 15 is 0 Å². The van der Waals surface area contributed by atoms with Gasteiger partial charge in [0.25, 0.3) is 0 Å². The molecule has 4 rings (SSSR count). The quantitative estimate of drug-likeness (QED) is 0.367. The van der Waals surface area contributed by atoms with Crippen LogP contribution in [0.15, 0.2) is 60.8 Å². The zero-order chi connectivity index (χ0) is 23.8. The molecule has 0 saturated heterocycles. The molecule has 3 nitrogen and oxygen atoms in total. The van der Waals surface area contributed by atoms with E-state index in [0.717, 1.165) is 5.56 Å². The van der Waals surface area contributed by atoms with Crippen molar-refractivity contribution in [3.8, 4) is 5.75 Å². The summed E-state index contributed by atoms with van der Waals surface area (Å²) < 4.78 is 53.4. The van der Waals surface area contributed by atoms with Gasteiger partial charge in [-0.25, -0.2) is 9.37 Å². The molecule has 0 amide bonds. The summed E-state index contributed by atoms with van der Waals surface area (Å²) in [5.41, 5.74) is 1.02. The number of aromatic hydroxyl groups is 1. The van der Waals surface area contributed by atoms with Crippen LogP contribution in [0.1, 0.15) is 33.9 Å². The van der Waals surface area contributed by atoms with Gasteiger partial charge in [0.05, 0.1) is 11.6 Å². The molecule has 0 bridgehead atoms. The fraction of sp³-hybridized carbons (Fsp3) is 0.125. The van der Waals surface area contributed by atoms with Gasteiger partial charge >= 0.3 is 6.18 Å². The number of aromatic nitrogens is 1. The molecule has 0 spiro atoms. The van der Waals surface area contributed by atoms with Crippen molar-refractivity contribution in [2.75, 3.05) is 5.32 Å². The third-order valence-corrected chi connectivity index (χ3v) is 5.79. The molecule has 3 aromatic rings. The maximum absolute atomic E-state index is 14.6. The number of rotatable bonds is 4. The summed E-state index contributed by atoms with van der Waals surface area (Å²) >= 11 is 12.4. The van der Waals surface area contributed by atoms with Crippen molar-refractivity contribution >= 4 is 35.1 Å². The first-order chi connectivity index (χ1) is 15.6. The number of alkyl halides is 3. The molecule has 1 aromatic heterocycles. The molecule has 1 atom stereocenters. The zero-order valence-electron chi connectivity index (χ0n) is 16.8. The predicted octanol–water partition coefficient (Wildman–Crippen LogP) is 7.58. The minimum absolute atomic E-state index is 0.0421. The second kappa shape index (κ2) is 9.08. The average molecular weight is 495 g/mol. The van der Waals surface area contributed by atoms with Gasteiger partial charge in [-0.2, -0.15) is 13.2 Å². The van der Waals surface area contributed by atoms with Crippen molar-refractivity contribution < 1.29 is 22.7 Å². The third-order valence-electron chi connectivity index (χ3n) is 5.23. The number of fused-ring (bicyclic) bond motifs is 1. The Labute approximate surface area is 197 Å². The third kappa shape index (κ3) is 4.84. The van der Waals surface area contributed by atoms with Crippen LogP contribution in [0.4, 0.5) is 23.4 Å². The maximum Gasteiger partial charge on any atom is 0.417 e. The number of phenols is 1. The lowest BCUT2D eigenvalue weighted by Gasteiger charge is -2.24. The van der Waals surface area contributed by atoms with Crippen LogP contribution in [-0.2, 0) is 12.6 Å². The number of halogens is 6. The largest absolute Gasteiger partial charge is 0.507 e. The molecule has 0 radical (unpaired) electrons. The number of pyridine rings is 1. The van der Waals surface area contributed by atoms with Crippen molar-refractivity contribution in [1.29, 1.82) is 0 Å². The second-order valence-corrected chi connectivity index (χ2v) is 8.20. The van der Waals surface area contributed by atoms with E-state index in [1.54, 1.807) is 24.3 Å². The van der Waals surface area contributed by atoms with Crippen LogP contribution in [0.2, 0.25) is 10.0 Å². The lowest BCUT2D eigenvalue weighted by atomic mass is 9.92. The lowest BCUT2D eigenvalue weighted by molar-refractivity contribution is -0.138. The van der Waals surface area contributed by atoms with Crippen LogP contribution in [0.5, 0.6) is 5.75 Å². The number of benzene rings is 2. The standard InChI is InChI=1S/C24H16Cl2F4N2O/c25-15-7-9-17(19(26)11-15)21(32-23-20(27)10-14(12-31-23)24(28,29)30)18-8-6-13-4-2-1-3-5-16(13)22(18)33/h1-4,6-12,21,33H,5H2,(H,31,32). The Kier molecular flexibility index (Phi) is 6.36. The summed E-state index contributed by atoms with van der Waals surface area (Å²) in [4.78, 5) is 3.64. The van der Waals surface area contributed by atoms with Crippen LogP contribution in [0.3, 0.4) is 0 Å². The van der Waals surface area contributed by atoms with E-state index in [1.807, 2.05) is 24.3 Å². The highest BCUT2D eigenvalue weighted by molar-refractivity contribution is 6.35. The molecule has 1 aliphatic carbocycles. The molecule has 1 heterocycles. The van der Waals surface area contributed by atoms with Gasteiger partial charge in [0.2, 0.25) is 0 Å². The van der Waals surface area contributed by atoms with E-state index in [4.69, 9.17) is 23.2 Å². The number of phenolic OH excluding ortho intramolecular Hbond substituents is 1. The minimum Gasteiger partial charge on any atom is -0.507 e. The molecule has 1 aliphatic rings. The molecule has 2 aromatic carbocycles. The van der Waals surface area contributed by atoms with Gasteiger partial charge < -0.3 is 10.4 Å². The van der Waals surface area contributed by atoms with Gasteiger partial charge in [0.1, 0.15) is 5.75 Å². The number of nitrogens with zero attached hydrogens (tertiary/aromatic N) is 1. The number of hydrogen-bond donors (Lipinski definition) is 2. The number of hydrogen-bond acceptors (Lipinski definition) is 3. The smallest absolute Gasteiger partial charge is 0.417 e. The van der Waals surface area contributed by atoms with Crippen molar-refractivity contribution in [3.63, 3.8) is 0 Å². The van der Waals surface area contributed by atoms with Gasteiger partial charge in [-0.05, 0) is 35.7 Å². The molecule has 170 valence electrons. The van der Waals surface area contributed by atoms with Crippen LogP contribution >= 0.6 is 23.2 Å². The van der Waals surface area contributed by atoms with Gasteiger partial charge in [-0.15, -0.1) is 0 Å². The van der Waals surface area contributed by atoms with E-state index in [0.29, 0.717) is 40.4 Å². The Morgan fingerprint density at radius 3 is 2.48 bits per heavy atom. The Balaban J connectivity index is 1.83. The SMILES string of the molecule is Oc1c(C(Nc2ncc(C(F)(F)F)cc2F)c2ccc(Cl)cc2Cl)ccc2c1CC=CC=C2. The van der Waals surface area contributed by atoms with Crippen molar-refractivity contribution in [3.05, 3.63) is 105 Å². The summed E-state index contributed by atoms with van der Waals surface area (Å²) in [6.45, 7) is 0. The first-order valence-corrected chi connectivity index (χ1v) is 10.5. The summed E-state index contributed by atoms with van der Waals surface area (Å²) in [6.07, 6.45) is 3.68. The highest BCUT2D eigenvalue weighted by Gasteiger charge is 2.32. The van der Waals surface area contributed by atoms with Gasteiger partial charge in [0.15, 0.2) is 11.6 Å². The van der Waals surface area contributed by atoms with E-state index in [2.05, 4.69) is 10.3 Å². The average Bonchev–Trinajstić information content (AvgIpc) is 3.00. The number of nitrogens with one attached hydrogen (secondary N) is 1. The molecule has 0 fully saturated rings. The van der Waals surface area contributed by atoms with E-state index in [-0.39, 0.29) is 10.8 Å². The molecule has 9 heteroatoms. The monoisotopic (exact) mass is 494 g/mol. The van der Waals surface area contributed by atoms with E-state index in [9.17, 15) is 22.7 Å². The predicted molar refractivity (Wildman–Crippen MR) is 121 cm³/mol. The Hall–Kier alpha value is -3.03. The normalized spacial score (nSPS) is 14.0. The van der Waals surface area contributed by atoms with E-state index < -0.39 is 29.4 Å². The Morgan fingerprint density at radius 2 is 1.79 bits per heavy atom. The topological polar surface area (TPSA) is 45.1 Å². The van der Waals surface area contributed by atoms with Gasteiger partial charge in [-0.1, -0.05) is 65.7 Å². The summed E-state index contributed by atoms with van der Waals surface area (Å²) in [5, 5.41) is 14.5. The molecule has 0 saturated carbocycles. The molecular formula is C24H16Cl2F4N2O. The van der Waals surface area contributed by atoms with E-state index in [1.165, 1.54) is 6.07 Å². The van der Waals surface area contributed by atoms with Gasteiger partial charge in [-0.3, -0.25) is 0 Å². The highest BCUT2D eigenvalue weighted by atomic mass is 35.5. The number of anilines is 1. The summed E-state index contributed by atoms with van der Waals surface area (Å²) in [5.74, 6) is -1.66. The zero-order valence-corrected chi connectivity index (χ0v) is 18.3. The van der Waals surface area contributed by atoms with Crippen LogP contribution in [-0.4, -0.2) is 10.1 Å². The molecule has 0 aliphatic heterocycles. The fourth-order valence-electron chi connectivity index (χ4n) is 3.59. The molecule has 1 unspecified atom stereocenters. The van der Waals surface area contributed by atoms with Crippen LogP contribution in [0, 0.1) is 5.82 Å². The van der Waals surface area contributed by atoms with Gasteiger partial charge in [0, 0.05) is 27.4 Å². The summed E-state index contributed by atoms with van der Waals surface area (Å²) in [7, 11) is 0. The molecule has 33 heavy (non-hydrogen) atoms. The lowest BCUT2D eigenvalue weighted by Crippen LogP contribution is -2.17. The fourth-order valence-corrected chi connectivity index (χ4v) is 4.11. The molecule has 2 N–H and O–H groups in total. The van der Waals surface area contributed by atoms with Crippen molar-refractivity contribution in [2.24, 2.45) is 0 Å². The second-order valence-electron chi connectivity index (χ2n) is 7.36. The first-order valence-electron chi connectivity index (χ1n) is 9.77.